The van der Waals surface area contributed by atoms with Gasteiger partial charge in [-0.05, 0) is 79.3 Å². The third kappa shape index (κ3) is 5.25. The van der Waals surface area contributed by atoms with Crippen LogP contribution in [0.5, 0.6) is 0 Å². The molecule has 37 heavy (non-hydrogen) atoms. The van der Waals surface area contributed by atoms with Crippen LogP contribution in [-0.4, -0.2) is 21.2 Å². The number of aromatic nitrogens is 2. The number of amides is 1. The van der Waals surface area contributed by atoms with Crippen molar-refractivity contribution in [1.82, 2.24) is 9.55 Å². The molecule has 1 amide bonds. The molecule has 2 aromatic heterocycles. The Kier molecular flexibility index (Phi) is 7.03. The van der Waals surface area contributed by atoms with Crippen molar-refractivity contribution in [1.29, 1.82) is 0 Å². The second-order valence-corrected chi connectivity index (χ2v) is 13.0. The number of carbonyl (C=O) groups is 1. The van der Waals surface area contributed by atoms with Crippen LogP contribution in [0.3, 0.4) is 0 Å². The molecule has 2 aromatic carbocycles. The molecule has 5 nitrogen and oxygen atoms in total. The van der Waals surface area contributed by atoms with Gasteiger partial charge < -0.3 is 5.32 Å². The van der Waals surface area contributed by atoms with Crippen LogP contribution in [0.25, 0.3) is 15.9 Å². The van der Waals surface area contributed by atoms with E-state index in [-0.39, 0.29) is 22.6 Å². The Morgan fingerprint density at radius 2 is 1.92 bits per heavy atom. The van der Waals surface area contributed by atoms with Gasteiger partial charge in [0.1, 0.15) is 4.83 Å². The maximum absolute atomic E-state index is 14.0. The van der Waals surface area contributed by atoms with Gasteiger partial charge in [0.2, 0.25) is 5.91 Å². The van der Waals surface area contributed by atoms with E-state index in [4.69, 9.17) is 4.98 Å². The third-order valence-electron chi connectivity index (χ3n) is 7.29. The van der Waals surface area contributed by atoms with E-state index in [1.165, 1.54) is 22.2 Å². The van der Waals surface area contributed by atoms with Crippen LogP contribution in [0.2, 0.25) is 0 Å². The summed E-state index contributed by atoms with van der Waals surface area (Å²) in [7, 11) is 0. The molecule has 1 unspecified atom stereocenters. The number of hydrogen-bond donors (Lipinski definition) is 1. The molecule has 192 valence electrons. The monoisotopic (exact) mass is 531 g/mol. The van der Waals surface area contributed by atoms with Crippen LogP contribution in [0.4, 0.5) is 5.69 Å². The van der Waals surface area contributed by atoms with Gasteiger partial charge in [-0.15, -0.1) is 11.3 Å². The normalized spacial score (nSPS) is 15.5. The topological polar surface area (TPSA) is 64.0 Å². The molecule has 7 heteroatoms. The van der Waals surface area contributed by atoms with Crippen LogP contribution >= 0.6 is 23.1 Å². The first-order valence-corrected chi connectivity index (χ1v) is 14.5. The van der Waals surface area contributed by atoms with E-state index < -0.39 is 0 Å². The average molecular weight is 532 g/mol. The molecule has 5 rings (SSSR count). The van der Waals surface area contributed by atoms with Crippen molar-refractivity contribution in [3.8, 4) is 5.69 Å². The Labute approximate surface area is 226 Å². The quantitative estimate of drug-likeness (QED) is 0.224. The minimum atomic E-state index is -0.119. The molecule has 1 N–H and O–H groups in total. The number of nitrogens with zero attached hydrogens (tertiary/aromatic N) is 2. The Balaban J connectivity index is 1.51. The predicted molar refractivity (Wildman–Crippen MR) is 155 cm³/mol. The number of aryl methyl sites for hydroxylation is 3. The largest absolute Gasteiger partial charge is 0.325 e. The molecule has 1 aliphatic rings. The lowest BCUT2D eigenvalue weighted by atomic mass is 9.72. The van der Waals surface area contributed by atoms with Crippen molar-refractivity contribution >= 4 is 44.9 Å². The van der Waals surface area contributed by atoms with Crippen LogP contribution < -0.4 is 10.9 Å². The zero-order chi connectivity index (χ0) is 26.3. The fraction of sp³-hybridized carbons (Fsp3) is 0.367. The molecule has 0 saturated carbocycles. The molecule has 0 fully saturated rings. The average Bonchev–Trinajstić information content (AvgIpc) is 3.23. The SMILES string of the molecule is Cc1ccc(C)c(NC(=O)CSc2nc3sc4c(c3c(=O)n2-c2ccccc2)CCC(C(C)(C)C)C4)c1. The number of anilines is 1. The van der Waals surface area contributed by atoms with Gasteiger partial charge in [-0.25, -0.2) is 4.98 Å². The van der Waals surface area contributed by atoms with E-state index in [0.29, 0.717) is 11.1 Å². The first kappa shape index (κ1) is 25.7. The van der Waals surface area contributed by atoms with Gasteiger partial charge >= 0.3 is 0 Å². The highest BCUT2D eigenvalue weighted by molar-refractivity contribution is 7.99. The second kappa shape index (κ2) is 10.1. The summed E-state index contributed by atoms with van der Waals surface area (Å²) in [4.78, 5) is 33.9. The fourth-order valence-corrected chi connectivity index (χ4v) is 7.19. The van der Waals surface area contributed by atoms with E-state index in [9.17, 15) is 9.59 Å². The summed E-state index contributed by atoms with van der Waals surface area (Å²) in [5.41, 5.74) is 5.05. The summed E-state index contributed by atoms with van der Waals surface area (Å²) in [6.45, 7) is 10.9. The standard InChI is InChI=1S/C30H33N3O2S2/c1-18-11-12-19(2)23(15-18)31-25(34)17-36-29-32-27-26(28(35)33(29)21-9-7-6-8-10-21)22-14-13-20(30(3,4)5)16-24(22)37-27/h6-12,15,20H,13-14,16-17H2,1-5H3,(H,31,34). The smallest absolute Gasteiger partial charge is 0.267 e. The number of carbonyl (C=O) groups excluding carboxylic acids is 1. The zero-order valence-electron chi connectivity index (χ0n) is 22.1. The maximum atomic E-state index is 14.0. The van der Waals surface area contributed by atoms with Gasteiger partial charge in [0.15, 0.2) is 5.16 Å². The number of thiophene rings is 1. The van der Waals surface area contributed by atoms with E-state index >= 15 is 0 Å². The van der Waals surface area contributed by atoms with Crippen LogP contribution in [0.1, 0.15) is 48.8 Å². The van der Waals surface area contributed by atoms with Crippen molar-refractivity contribution in [3.05, 3.63) is 80.5 Å². The minimum absolute atomic E-state index is 0.0413. The molecule has 0 radical (unpaired) electrons. The van der Waals surface area contributed by atoms with Crippen molar-refractivity contribution in [3.63, 3.8) is 0 Å². The van der Waals surface area contributed by atoms with E-state index in [2.05, 4.69) is 26.1 Å². The summed E-state index contributed by atoms with van der Waals surface area (Å²) in [5, 5.41) is 4.32. The van der Waals surface area contributed by atoms with Gasteiger partial charge in [-0.2, -0.15) is 0 Å². The third-order valence-corrected chi connectivity index (χ3v) is 9.38. The molecule has 0 saturated heterocycles. The molecule has 0 spiro atoms. The zero-order valence-corrected chi connectivity index (χ0v) is 23.7. The molecule has 4 aromatic rings. The summed E-state index contributed by atoms with van der Waals surface area (Å²) in [6, 6.07) is 15.6. The fourth-order valence-electron chi connectivity index (χ4n) is 5.03. The van der Waals surface area contributed by atoms with E-state index in [0.717, 1.165) is 52.0 Å². The molecule has 0 bridgehead atoms. The molecule has 2 heterocycles. The lowest BCUT2D eigenvalue weighted by molar-refractivity contribution is -0.113. The predicted octanol–water partition coefficient (Wildman–Crippen LogP) is 6.95. The number of thioether (sulfide) groups is 1. The second-order valence-electron chi connectivity index (χ2n) is 11.0. The number of benzene rings is 2. The van der Waals surface area contributed by atoms with Gasteiger partial charge in [0.25, 0.3) is 5.56 Å². The van der Waals surface area contributed by atoms with E-state index in [1.54, 1.807) is 15.9 Å². The number of nitrogens with one attached hydrogen (secondary N) is 1. The van der Waals surface area contributed by atoms with Gasteiger partial charge in [-0.3, -0.25) is 14.2 Å². The number of para-hydroxylation sites is 1. The Bertz CT molecular complexity index is 1530. The van der Waals surface area contributed by atoms with Crippen molar-refractivity contribution < 1.29 is 4.79 Å². The Morgan fingerprint density at radius 1 is 1.16 bits per heavy atom. The lowest BCUT2D eigenvalue weighted by Crippen LogP contribution is -2.27. The summed E-state index contributed by atoms with van der Waals surface area (Å²) < 4.78 is 1.68. The first-order valence-electron chi connectivity index (χ1n) is 12.7. The summed E-state index contributed by atoms with van der Waals surface area (Å²) in [6.07, 6.45) is 2.99. The van der Waals surface area contributed by atoms with Gasteiger partial charge in [0.05, 0.1) is 16.8 Å². The Morgan fingerprint density at radius 3 is 2.65 bits per heavy atom. The van der Waals surface area contributed by atoms with Crippen LogP contribution in [0, 0.1) is 25.2 Å². The molecule has 1 atom stereocenters. The number of rotatable bonds is 5. The van der Waals surface area contributed by atoms with Crippen molar-refractivity contribution in [2.75, 3.05) is 11.1 Å². The van der Waals surface area contributed by atoms with Crippen LogP contribution in [0.15, 0.2) is 58.5 Å². The Hall–Kier alpha value is -2.90. The van der Waals surface area contributed by atoms with E-state index in [1.807, 2.05) is 62.4 Å². The van der Waals surface area contributed by atoms with Gasteiger partial charge in [0, 0.05) is 10.6 Å². The van der Waals surface area contributed by atoms with Gasteiger partial charge in [-0.1, -0.05) is 62.9 Å². The number of fused-ring (bicyclic) bond motifs is 3. The highest BCUT2D eigenvalue weighted by Crippen LogP contribution is 2.42. The molecular formula is C30H33N3O2S2. The molecular weight excluding hydrogens is 498 g/mol. The van der Waals surface area contributed by atoms with Crippen molar-refractivity contribution in [2.24, 2.45) is 11.3 Å². The lowest BCUT2D eigenvalue weighted by Gasteiger charge is -2.33. The first-order chi connectivity index (χ1) is 17.6. The highest BCUT2D eigenvalue weighted by atomic mass is 32.2. The molecule has 0 aliphatic heterocycles. The highest BCUT2D eigenvalue weighted by Gasteiger charge is 2.32. The summed E-state index contributed by atoms with van der Waals surface area (Å²) >= 11 is 2.96. The maximum Gasteiger partial charge on any atom is 0.267 e. The van der Waals surface area contributed by atoms with Crippen LogP contribution in [-0.2, 0) is 17.6 Å². The summed E-state index contributed by atoms with van der Waals surface area (Å²) in [5.74, 6) is 0.633. The molecule has 1 aliphatic carbocycles. The van der Waals surface area contributed by atoms with Crippen molar-refractivity contribution in [2.45, 2.75) is 59.0 Å². The minimum Gasteiger partial charge on any atom is -0.325 e. The number of hydrogen-bond acceptors (Lipinski definition) is 5.